The average molecular weight is 538 g/mol. The van der Waals surface area contributed by atoms with Crippen LogP contribution < -0.4 is 4.90 Å². The summed E-state index contributed by atoms with van der Waals surface area (Å²) in [4.78, 5) is 2.35. The summed E-state index contributed by atoms with van der Waals surface area (Å²) < 4.78 is 10.9. The van der Waals surface area contributed by atoms with E-state index in [2.05, 4.69) is 138 Å². The van der Waals surface area contributed by atoms with Crippen molar-refractivity contribution in [2.75, 3.05) is 18.1 Å². The van der Waals surface area contributed by atoms with Crippen LogP contribution in [0.1, 0.15) is 33.7 Å². The van der Waals surface area contributed by atoms with Gasteiger partial charge in [-0.15, -0.1) is 0 Å². The number of ether oxygens (including phenoxy) is 2. The van der Waals surface area contributed by atoms with Crippen LogP contribution in [0.2, 0.25) is 0 Å². The van der Waals surface area contributed by atoms with Gasteiger partial charge in [-0.25, -0.2) is 0 Å². The van der Waals surface area contributed by atoms with E-state index in [0.717, 1.165) is 49.5 Å². The van der Waals surface area contributed by atoms with E-state index in [4.69, 9.17) is 9.47 Å². The fourth-order valence-corrected chi connectivity index (χ4v) is 5.72. The Balaban J connectivity index is 1.17. The van der Waals surface area contributed by atoms with Crippen molar-refractivity contribution in [2.45, 2.75) is 37.4 Å². The molecule has 0 saturated carbocycles. The van der Waals surface area contributed by atoms with Crippen molar-refractivity contribution in [2.24, 2.45) is 0 Å². The van der Waals surface area contributed by atoms with Gasteiger partial charge in [0.15, 0.2) is 0 Å². The predicted molar refractivity (Wildman–Crippen MR) is 166 cm³/mol. The Morgan fingerprint density at radius 3 is 1.22 bits per heavy atom. The summed E-state index contributed by atoms with van der Waals surface area (Å²) in [5.41, 5.74) is 10.1. The number of anilines is 3. The molecule has 5 aromatic rings. The summed E-state index contributed by atoms with van der Waals surface area (Å²) in [5, 5.41) is 0. The van der Waals surface area contributed by atoms with Gasteiger partial charge in [-0.05, 0) is 70.6 Å². The highest BCUT2D eigenvalue weighted by atomic mass is 16.6. The zero-order chi connectivity index (χ0) is 27.4. The third-order valence-electron chi connectivity index (χ3n) is 8.16. The molecule has 2 fully saturated rings. The average Bonchev–Trinajstić information content (AvgIpc) is 3.97. The summed E-state index contributed by atoms with van der Waals surface area (Å²) in [6.07, 6.45) is 3.70. The van der Waals surface area contributed by atoms with Gasteiger partial charge < -0.3 is 14.4 Å². The van der Waals surface area contributed by atoms with E-state index in [9.17, 15) is 0 Å². The van der Waals surface area contributed by atoms with Gasteiger partial charge in [-0.1, -0.05) is 97.1 Å². The standard InChI is InChI=1S/C38H35NO2/c1-3-7-31(8-4-1)38(32-9-5-2-6-10-32)25-30-15-21-35(22-16-30)39(33-17-11-28(12-18-33)23-36-26-40-36)34-19-13-29(14-20-34)24-37-27-41-37/h1-22,36-38H,23-27H2. The van der Waals surface area contributed by atoms with Gasteiger partial charge in [-0.2, -0.15) is 0 Å². The molecule has 0 aliphatic carbocycles. The lowest BCUT2D eigenvalue weighted by Gasteiger charge is -2.26. The predicted octanol–water partition coefficient (Wildman–Crippen LogP) is 8.41. The van der Waals surface area contributed by atoms with Crippen molar-refractivity contribution in [1.29, 1.82) is 0 Å². The van der Waals surface area contributed by atoms with Gasteiger partial charge in [0.05, 0.1) is 25.4 Å². The molecule has 0 bridgehead atoms. The zero-order valence-corrected chi connectivity index (χ0v) is 23.2. The molecule has 0 N–H and O–H groups in total. The molecule has 2 heterocycles. The Labute approximate surface area is 243 Å². The quantitative estimate of drug-likeness (QED) is 0.158. The van der Waals surface area contributed by atoms with E-state index in [-0.39, 0.29) is 0 Å². The van der Waals surface area contributed by atoms with Crippen molar-refractivity contribution in [3.8, 4) is 0 Å². The first kappa shape index (κ1) is 25.8. The summed E-state index contributed by atoms with van der Waals surface area (Å²) in [5.74, 6) is 0.310. The van der Waals surface area contributed by atoms with Crippen LogP contribution in [0.3, 0.4) is 0 Å². The van der Waals surface area contributed by atoms with Crippen LogP contribution in [0.5, 0.6) is 0 Å². The molecule has 5 aromatic carbocycles. The van der Waals surface area contributed by atoms with Crippen molar-refractivity contribution in [1.82, 2.24) is 0 Å². The maximum Gasteiger partial charge on any atom is 0.0850 e. The lowest BCUT2D eigenvalue weighted by atomic mass is 9.86. The molecule has 3 nitrogen and oxygen atoms in total. The van der Waals surface area contributed by atoms with Crippen molar-refractivity contribution in [3.63, 3.8) is 0 Å². The number of benzene rings is 5. The third kappa shape index (κ3) is 6.43. The molecule has 3 heteroatoms. The van der Waals surface area contributed by atoms with Gasteiger partial charge in [0, 0.05) is 35.8 Å². The van der Waals surface area contributed by atoms with E-state index in [1.807, 2.05) is 0 Å². The Hall–Kier alpha value is -4.18. The molecule has 0 aromatic heterocycles. The maximum atomic E-state index is 5.45. The van der Waals surface area contributed by atoms with E-state index < -0.39 is 0 Å². The highest BCUT2D eigenvalue weighted by molar-refractivity contribution is 5.76. The smallest absolute Gasteiger partial charge is 0.0850 e. The molecule has 2 unspecified atom stereocenters. The molecule has 7 rings (SSSR count). The molecule has 41 heavy (non-hydrogen) atoms. The monoisotopic (exact) mass is 537 g/mol. The van der Waals surface area contributed by atoms with Crippen molar-refractivity contribution < 1.29 is 9.47 Å². The van der Waals surface area contributed by atoms with E-state index in [0.29, 0.717) is 18.1 Å². The van der Waals surface area contributed by atoms with Crippen LogP contribution in [-0.2, 0) is 28.7 Å². The van der Waals surface area contributed by atoms with Gasteiger partial charge >= 0.3 is 0 Å². The summed E-state index contributed by atoms with van der Waals surface area (Å²) in [6, 6.07) is 48.7. The lowest BCUT2D eigenvalue weighted by Crippen LogP contribution is -2.11. The molecular weight excluding hydrogens is 502 g/mol. The van der Waals surface area contributed by atoms with Crippen LogP contribution in [-0.4, -0.2) is 25.4 Å². The van der Waals surface area contributed by atoms with Crippen LogP contribution >= 0.6 is 0 Å². The Morgan fingerprint density at radius 1 is 0.488 bits per heavy atom. The van der Waals surface area contributed by atoms with Crippen LogP contribution in [0.15, 0.2) is 133 Å². The molecule has 2 aliphatic rings. The first-order valence-electron chi connectivity index (χ1n) is 14.7. The van der Waals surface area contributed by atoms with Crippen molar-refractivity contribution >= 4 is 17.1 Å². The Bertz CT molecular complexity index is 1440. The second-order valence-corrected chi connectivity index (χ2v) is 11.2. The SMILES string of the molecule is c1ccc(C(Cc2ccc(N(c3ccc(CC4CO4)cc3)c3ccc(CC4CO4)cc3)cc2)c2ccccc2)cc1. The normalized spacial score (nSPS) is 17.4. The number of rotatable bonds is 11. The Morgan fingerprint density at radius 2 is 0.854 bits per heavy atom. The van der Waals surface area contributed by atoms with Crippen LogP contribution in [0, 0.1) is 0 Å². The van der Waals surface area contributed by atoms with Gasteiger partial charge in [0.25, 0.3) is 0 Å². The number of hydrogen-bond donors (Lipinski definition) is 0. The molecule has 2 atom stereocenters. The third-order valence-corrected chi connectivity index (χ3v) is 8.16. The molecular formula is C38H35NO2. The minimum atomic E-state index is 0.310. The highest BCUT2D eigenvalue weighted by Gasteiger charge is 2.24. The minimum Gasteiger partial charge on any atom is -0.373 e. The zero-order valence-electron chi connectivity index (χ0n) is 23.2. The summed E-state index contributed by atoms with van der Waals surface area (Å²) >= 11 is 0. The summed E-state index contributed by atoms with van der Waals surface area (Å²) in [6.45, 7) is 1.77. The van der Waals surface area contributed by atoms with Gasteiger partial charge in [-0.3, -0.25) is 0 Å². The van der Waals surface area contributed by atoms with Crippen molar-refractivity contribution in [3.05, 3.63) is 161 Å². The first-order valence-corrected chi connectivity index (χ1v) is 14.7. The molecule has 0 radical (unpaired) electrons. The second-order valence-electron chi connectivity index (χ2n) is 11.2. The van der Waals surface area contributed by atoms with E-state index in [1.165, 1.54) is 27.8 Å². The molecule has 204 valence electrons. The topological polar surface area (TPSA) is 28.3 Å². The molecule has 2 aliphatic heterocycles. The highest BCUT2D eigenvalue weighted by Crippen LogP contribution is 2.36. The largest absolute Gasteiger partial charge is 0.373 e. The van der Waals surface area contributed by atoms with Crippen LogP contribution in [0.4, 0.5) is 17.1 Å². The van der Waals surface area contributed by atoms with Gasteiger partial charge in [0.1, 0.15) is 0 Å². The number of hydrogen-bond acceptors (Lipinski definition) is 3. The lowest BCUT2D eigenvalue weighted by molar-refractivity contribution is 0.407. The maximum absolute atomic E-state index is 5.45. The van der Waals surface area contributed by atoms with Crippen LogP contribution in [0.25, 0.3) is 0 Å². The first-order chi connectivity index (χ1) is 20.3. The van der Waals surface area contributed by atoms with E-state index in [1.54, 1.807) is 0 Å². The fourth-order valence-electron chi connectivity index (χ4n) is 5.72. The Kier molecular flexibility index (Phi) is 7.38. The number of epoxide rings is 2. The molecule has 0 amide bonds. The number of nitrogens with zero attached hydrogens (tertiary/aromatic N) is 1. The second kappa shape index (κ2) is 11.7. The summed E-state index contributed by atoms with van der Waals surface area (Å²) in [7, 11) is 0. The minimum absolute atomic E-state index is 0.310. The molecule has 0 spiro atoms. The molecule has 2 saturated heterocycles. The fraction of sp³-hybridized carbons (Fsp3) is 0.211. The van der Waals surface area contributed by atoms with Gasteiger partial charge in [0.2, 0.25) is 0 Å². The van der Waals surface area contributed by atoms with E-state index >= 15 is 0 Å².